The standard InChI is InChI=1S/C18H20Cl2N4O3/c1-12(24-11-14(9-21-24)18(26)27)17(25)23-6-4-22(5-7-23)10-13-2-3-15(19)8-16(13)20/h2-3,8-9,11-12H,4-7,10H2,1H3,(H,26,27). The number of aromatic carboxylic acids is 1. The number of nitrogens with zero attached hydrogens (tertiary/aromatic N) is 4. The van der Waals surface area contributed by atoms with Crippen molar-refractivity contribution >= 4 is 35.1 Å². The summed E-state index contributed by atoms with van der Waals surface area (Å²) >= 11 is 12.2. The summed E-state index contributed by atoms with van der Waals surface area (Å²) in [6.45, 7) is 5.09. The van der Waals surface area contributed by atoms with Gasteiger partial charge in [-0.25, -0.2) is 4.79 Å². The van der Waals surface area contributed by atoms with Crippen LogP contribution in [0.2, 0.25) is 10.0 Å². The van der Waals surface area contributed by atoms with Gasteiger partial charge < -0.3 is 10.0 Å². The third-order valence-electron chi connectivity index (χ3n) is 4.70. The summed E-state index contributed by atoms with van der Waals surface area (Å²) in [5.41, 5.74) is 1.08. The minimum Gasteiger partial charge on any atom is -0.478 e. The van der Waals surface area contributed by atoms with E-state index in [1.54, 1.807) is 17.9 Å². The van der Waals surface area contributed by atoms with Gasteiger partial charge in [0.1, 0.15) is 6.04 Å². The van der Waals surface area contributed by atoms with Crippen molar-refractivity contribution in [2.24, 2.45) is 0 Å². The molecule has 0 bridgehead atoms. The Morgan fingerprint density at radius 2 is 1.93 bits per heavy atom. The van der Waals surface area contributed by atoms with Crippen LogP contribution in [-0.2, 0) is 11.3 Å². The molecule has 2 aromatic rings. The summed E-state index contributed by atoms with van der Waals surface area (Å²) in [6, 6.07) is 4.92. The number of rotatable bonds is 5. The topological polar surface area (TPSA) is 78.7 Å². The van der Waals surface area contributed by atoms with E-state index in [-0.39, 0.29) is 11.5 Å². The molecule has 27 heavy (non-hydrogen) atoms. The van der Waals surface area contributed by atoms with Crippen molar-refractivity contribution in [3.63, 3.8) is 0 Å². The molecular formula is C18H20Cl2N4O3. The van der Waals surface area contributed by atoms with Gasteiger partial charge in [-0.15, -0.1) is 0 Å². The molecule has 1 aromatic heterocycles. The first kappa shape index (κ1) is 19.7. The number of carbonyl (C=O) groups is 2. The Morgan fingerprint density at radius 3 is 2.52 bits per heavy atom. The average Bonchev–Trinajstić information content (AvgIpc) is 3.14. The van der Waals surface area contributed by atoms with Gasteiger partial charge >= 0.3 is 5.97 Å². The number of aromatic nitrogens is 2. The molecule has 144 valence electrons. The Hall–Kier alpha value is -2.09. The van der Waals surface area contributed by atoms with Gasteiger partial charge in [0.15, 0.2) is 0 Å². The van der Waals surface area contributed by atoms with E-state index in [0.717, 1.165) is 18.7 Å². The summed E-state index contributed by atoms with van der Waals surface area (Å²) in [5, 5.41) is 14.2. The number of carboxylic acids is 1. The first-order valence-corrected chi connectivity index (χ1v) is 9.33. The summed E-state index contributed by atoms with van der Waals surface area (Å²) in [5.74, 6) is -1.13. The van der Waals surface area contributed by atoms with Gasteiger partial charge in [-0.1, -0.05) is 29.3 Å². The second-order valence-corrected chi connectivity index (χ2v) is 7.37. The van der Waals surface area contributed by atoms with Crippen LogP contribution in [0.1, 0.15) is 28.9 Å². The molecule has 0 aliphatic carbocycles. The number of benzene rings is 1. The van der Waals surface area contributed by atoms with E-state index in [2.05, 4.69) is 10.00 Å². The van der Waals surface area contributed by atoms with Crippen LogP contribution in [0.15, 0.2) is 30.6 Å². The Balaban J connectivity index is 1.56. The molecule has 7 nitrogen and oxygen atoms in total. The summed E-state index contributed by atoms with van der Waals surface area (Å²) in [7, 11) is 0. The molecule has 0 radical (unpaired) electrons. The molecule has 1 N–H and O–H groups in total. The van der Waals surface area contributed by atoms with Gasteiger partial charge in [0, 0.05) is 49.0 Å². The zero-order chi connectivity index (χ0) is 19.6. The third kappa shape index (κ3) is 4.61. The largest absolute Gasteiger partial charge is 0.478 e. The molecule has 1 unspecified atom stereocenters. The molecule has 1 aromatic carbocycles. The smallest absolute Gasteiger partial charge is 0.338 e. The Bertz CT molecular complexity index is 847. The van der Waals surface area contributed by atoms with Crippen molar-refractivity contribution < 1.29 is 14.7 Å². The zero-order valence-electron chi connectivity index (χ0n) is 14.8. The fourth-order valence-corrected chi connectivity index (χ4v) is 3.52. The highest BCUT2D eigenvalue weighted by atomic mass is 35.5. The maximum atomic E-state index is 12.7. The second-order valence-electron chi connectivity index (χ2n) is 6.53. The van der Waals surface area contributed by atoms with Gasteiger partial charge in [-0.3, -0.25) is 14.4 Å². The lowest BCUT2D eigenvalue weighted by Gasteiger charge is -2.36. The van der Waals surface area contributed by atoms with Crippen LogP contribution in [0.3, 0.4) is 0 Å². The van der Waals surface area contributed by atoms with E-state index < -0.39 is 12.0 Å². The van der Waals surface area contributed by atoms with Crippen LogP contribution < -0.4 is 0 Å². The van der Waals surface area contributed by atoms with Crippen molar-refractivity contribution in [1.82, 2.24) is 19.6 Å². The molecule has 0 spiro atoms. The van der Waals surface area contributed by atoms with Gasteiger partial charge in [0.05, 0.1) is 11.8 Å². The van der Waals surface area contributed by atoms with Gasteiger partial charge in [-0.2, -0.15) is 5.10 Å². The number of hydrogen-bond acceptors (Lipinski definition) is 4. The van der Waals surface area contributed by atoms with E-state index in [1.807, 2.05) is 12.1 Å². The predicted molar refractivity (Wildman–Crippen MR) is 102 cm³/mol. The highest BCUT2D eigenvalue weighted by Gasteiger charge is 2.27. The third-order valence-corrected chi connectivity index (χ3v) is 5.28. The van der Waals surface area contributed by atoms with E-state index in [1.165, 1.54) is 17.1 Å². The molecular weight excluding hydrogens is 391 g/mol. The lowest BCUT2D eigenvalue weighted by molar-refractivity contribution is -0.136. The molecule has 1 aliphatic heterocycles. The Labute approximate surface area is 167 Å². The quantitative estimate of drug-likeness (QED) is 0.819. The summed E-state index contributed by atoms with van der Waals surface area (Å²) < 4.78 is 1.39. The fourth-order valence-electron chi connectivity index (χ4n) is 3.05. The normalized spacial score (nSPS) is 16.3. The molecule has 1 saturated heterocycles. The molecule has 0 saturated carbocycles. The van der Waals surface area contributed by atoms with E-state index >= 15 is 0 Å². The molecule has 9 heteroatoms. The van der Waals surface area contributed by atoms with Crippen LogP contribution in [0.4, 0.5) is 0 Å². The summed E-state index contributed by atoms with van der Waals surface area (Å²) in [4.78, 5) is 27.7. The number of carbonyl (C=O) groups excluding carboxylic acids is 1. The Kier molecular flexibility index (Phi) is 6.04. The second kappa shape index (κ2) is 8.29. The maximum Gasteiger partial charge on any atom is 0.338 e. The Morgan fingerprint density at radius 1 is 1.22 bits per heavy atom. The fraction of sp³-hybridized carbons (Fsp3) is 0.389. The van der Waals surface area contributed by atoms with Crippen molar-refractivity contribution in [3.8, 4) is 0 Å². The van der Waals surface area contributed by atoms with Crippen LogP contribution in [0.25, 0.3) is 0 Å². The average molecular weight is 411 g/mol. The number of hydrogen-bond donors (Lipinski definition) is 1. The lowest BCUT2D eigenvalue weighted by Crippen LogP contribution is -2.50. The van der Waals surface area contributed by atoms with Crippen molar-refractivity contribution in [1.29, 1.82) is 0 Å². The lowest BCUT2D eigenvalue weighted by atomic mass is 10.2. The van der Waals surface area contributed by atoms with Crippen molar-refractivity contribution in [3.05, 3.63) is 51.8 Å². The molecule has 2 heterocycles. The van der Waals surface area contributed by atoms with Crippen molar-refractivity contribution in [2.75, 3.05) is 26.2 Å². The first-order valence-electron chi connectivity index (χ1n) is 8.57. The van der Waals surface area contributed by atoms with Gasteiger partial charge in [0.25, 0.3) is 0 Å². The SMILES string of the molecule is CC(C(=O)N1CCN(Cc2ccc(Cl)cc2Cl)CC1)n1cc(C(=O)O)cn1. The molecule has 1 fully saturated rings. The predicted octanol–water partition coefficient (Wildman–Crippen LogP) is 2.79. The highest BCUT2D eigenvalue weighted by Crippen LogP contribution is 2.23. The van der Waals surface area contributed by atoms with Crippen LogP contribution in [-0.4, -0.2) is 62.7 Å². The minimum atomic E-state index is -1.06. The van der Waals surface area contributed by atoms with Crippen LogP contribution in [0, 0.1) is 0 Å². The maximum absolute atomic E-state index is 12.7. The van der Waals surface area contributed by atoms with E-state index in [0.29, 0.717) is 29.7 Å². The molecule has 1 amide bonds. The number of halogens is 2. The monoisotopic (exact) mass is 410 g/mol. The number of piperazine rings is 1. The van der Waals surface area contributed by atoms with E-state index in [4.69, 9.17) is 28.3 Å². The van der Waals surface area contributed by atoms with Gasteiger partial charge in [-0.05, 0) is 24.6 Å². The molecule has 3 rings (SSSR count). The first-order chi connectivity index (χ1) is 12.8. The number of amides is 1. The minimum absolute atomic E-state index is 0.0688. The highest BCUT2D eigenvalue weighted by molar-refractivity contribution is 6.35. The van der Waals surface area contributed by atoms with E-state index in [9.17, 15) is 9.59 Å². The van der Waals surface area contributed by atoms with Crippen molar-refractivity contribution in [2.45, 2.75) is 19.5 Å². The van der Waals surface area contributed by atoms with Crippen LogP contribution in [0.5, 0.6) is 0 Å². The molecule has 1 atom stereocenters. The molecule has 1 aliphatic rings. The summed E-state index contributed by atoms with van der Waals surface area (Å²) in [6.07, 6.45) is 2.63. The van der Waals surface area contributed by atoms with Gasteiger partial charge in [0.2, 0.25) is 5.91 Å². The number of carboxylic acid groups (broad SMARTS) is 1. The zero-order valence-corrected chi connectivity index (χ0v) is 16.3. The van der Waals surface area contributed by atoms with Crippen LogP contribution >= 0.6 is 23.2 Å².